The third-order valence-electron chi connectivity index (χ3n) is 3.42. The predicted octanol–water partition coefficient (Wildman–Crippen LogP) is 3.59. The van der Waals surface area contributed by atoms with E-state index in [1.54, 1.807) is 7.11 Å². The molecule has 112 valence electrons. The first-order chi connectivity index (χ1) is 10.1. The van der Waals surface area contributed by atoms with Gasteiger partial charge in [0.25, 0.3) is 0 Å². The Morgan fingerprint density at radius 3 is 2.29 bits per heavy atom. The first-order valence-corrected chi connectivity index (χ1v) is 7.20. The molecule has 3 nitrogen and oxygen atoms in total. The van der Waals surface area contributed by atoms with Gasteiger partial charge in [-0.05, 0) is 24.6 Å². The first-order valence-electron chi connectivity index (χ1n) is 6.82. The Hall–Kier alpha value is -1.55. The number of hydrogen-bond acceptors (Lipinski definition) is 3. The summed E-state index contributed by atoms with van der Waals surface area (Å²) in [4.78, 5) is 0. The molecule has 0 spiro atoms. The van der Waals surface area contributed by atoms with E-state index < -0.39 is 5.54 Å². The highest BCUT2D eigenvalue weighted by atomic mass is 35.5. The van der Waals surface area contributed by atoms with Gasteiger partial charge in [0.05, 0.1) is 12.1 Å². The molecule has 2 aromatic carbocycles. The van der Waals surface area contributed by atoms with Gasteiger partial charge in [0.1, 0.15) is 12.4 Å². The molecule has 2 aromatic rings. The number of hydrogen-bond donors (Lipinski definition) is 1. The third kappa shape index (κ3) is 3.56. The number of halogens is 1. The monoisotopic (exact) mass is 305 g/mol. The lowest BCUT2D eigenvalue weighted by atomic mass is 9.85. The molecule has 2 N–H and O–H groups in total. The van der Waals surface area contributed by atoms with Crippen molar-refractivity contribution in [2.75, 3.05) is 20.3 Å². The fourth-order valence-corrected chi connectivity index (χ4v) is 2.62. The summed E-state index contributed by atoms with van der Waals surface area (Å²) in [5.41, 5.74) is 7.60. The van der Waals surface area contributed by atoms with Crippen LogP contribution in [0.3, 0.4) is 0 Å². The summed E-state index contributed by atoms with van der Waals surface area (Å²) in [6.07, 6.45) is 0. The number of rotatable bonds is 6. The number of nitrogens with two attached hydrogens (primary N) is 1. The first kappa shape index (κ1) is 15.8. The van der Waals surface area contributed by atoms with Gasteiger partial charge in [-0.15, -0.1) is 0 Å². The van der Waals surface area contributed by atoms with Crippen LogP contribution in [-0.4, -0.2) is 20.3 Å². The second kappa shape index (κ2) is 6.94. The molecule has 0 amide bonds. The molecule has 0 aromatic heterocycles. The van der Waals surface area contributed by atoms with Gasteiger partial charge >= 0.3 is 0 Å². The Morgan fingerprint density at radius 1 is 1.00 bits per heavy atom. The van der Waals surface area contributed by atoms with Crippen molar-refractivity contribution in [1.82, 2.24) is 0 Å². The zero-order valence-electron chi connectivity index (χ0n) is 12.3. The molecule has 0 saturated carbocycles. The van der Waals surface area contributed by atoms with Crippen molar-refractivity contribution in [3.05, 3.63) is 64.7 Å². The molecule has 2 rings (SSSR count). The summed E-state index contributed by atoms with van der Waals surface area (Å²) >= 11 is 6.30. The Kier molecular flexibility index (Phi) is 5.23. The highest BCUT2D eigenvalue weighted by Crippen LogP contribution is 2.36. The Labute approximate surface area is 130 Å². The average molecular weight is 306 g/mol. The summed E-state index contributed by atoms with van der Waals surface area (Å²) in [5, 5.41) is 0.647. The smallest absolute Gasteiger partial charge is 0.124 e. The standard InChI is InChI=1S/C17H20ClNO2/c1-17(19,13-7-3-5-9-15(13)18)14-8-4-6-10-16(14)21-12-11-20-2/h3-10H,11-12,19H2,1-2H3. The van der Waals surface area contributed by atoms with E-state index in [9.17, 15) is 0 Å². The Morgan fingerprint density at radius 2 is 1.62 bits per heavy atom. The molecule has 0 fully saturated rings. The average Bonchev–Trinajstić information content (AvgIpc) is 2.48. The molecule has 0 aliphatic heterocycles. The van der Waals surface area contributed by atoms with Crippen molar-refractivity contribution in [1.29, 1.82) is 0 Å². The van der Waals surface area contributed by atoms with E-state index in [1.165, 1.54) is 0 Å². The van der Waals surface area contributed by atoms with Crippen molar-refractivity contribution >= 4 is 11.6 Å². The van der Waals surface area contributed by atoms with Crippen LogP contribution in [0.5, 0.6) is 5.75 Å². The van der Waals surface area contributed by atoms with Gasteiger partial charge in [-0.1, -0.05) is 48.0 Å². The van der Waals surface area contributed by atoms with Gasteiger partial charge in [0.2, 0.25) is 0 Å². The molecular weight excluding hydrogens is 286 g/mol. The molecule has 21 heavy (non-hydrogen) atoms. The van der Waals surface area contributed by atoms with Crippen LogP contribution in [0.15, 0.2) is 48.5 Å². The van der Waals surface area contributed by atoms with Crippen LogP contribution >= 0.6 is 11.6 Å². The van der Waals surface area contributed by atoms with Crippen LogP contribution in [0.1, 0.15) is 18.1 Å². The fourth-order valence-electron chi connectivity index (χ4n) is 2.28. The van der Waals surface area contributed by atoms with E-state index >= 15 is 0 Å². The minimum Gasteiger partial charge on any atom is -0.491 e. The summed E-state index contributed by atoms with van der Waals surface area (Å²) in [5.74, 6) is 0.750. The molecule has 0 radical (unpaired) electrons. The SMILES string of the molecule is COCCOc1ccccc1C(C)(N)c1ccccc1Cl. The molecule has 0 saturated heterocycles. The highest BCUT2D eigenvalue weighted by molar-refractivity contribution is 6.31. The lowest BCUT2D eigenvalue weighted by Gasteiger charge is -2.29. The van der Waals surface area contributed by atoms with Crippen LogP contribution < -0.4 is 10.5 Å². The number of para-hydroxylation sites is 1. The minimum absolute atomic E-state index is 0.478. The van der Waals surface area contributed by atoms with Gasteiger partial charge in [-0.2, -0.15) is 0 Å². The molecule has 1 atom stereocenters. The molecule has 0 heterocycles. The van der Waals surface area contributed by atoms with Crippen molar-refractivity contribution in [2.24, 2.45) is 5.73 Å². The topological polar surface area (TPSA) is 44.5 Å². The van der Waals surface area contributed by atoms with Gasteiger partial charge in [-0.3, -0.25) is 0 Å². The van der Waals surface area contributed by atoms with Crippen LogP contribution in [0.2, 0.25) is 5.02 Å². The van der Waals surface area contributed by atoms with Gasteiger partial charge in [0.15, 0.2) is 0 Å². The summed E-state index contributed by atoms with van der Waals surface area (Å²) in [6, 6.07) is 15.3. The second-order valence-corrected chi connectivity index (χ2v) is 5.43. The zero-order chi connectivity index (χ0) is 15.3. The molecule has 0 aliphatic carbocycles. The quantitative estimate of drug-likeness (QED) is 0.830. The molecular formula is C17H20ClNO2. The third-order valence-corrected chi connectivity index (χ3v) is 3.75. The summed E-state index contributed by atoms with van der Waals surface area (Å²) < 4.78 is 10.8. The lowest BCUT2D eigenvalue weighted by Crippen LogP contribution is -2.35. The largest absolute Gasteiger partial charge is 0.491 e. The van der Waals surface area contributed by atoms with E-state index in [-0.39, 0.29) is 0 Å². The number of benzene rings is 2. The van der Waals surface area contributed by atoms with Gasteiger partial charge in [0, 0.05) is 17.7 Å². The zero-order valence-corrected chi connectivity index (χ0v) is 13.1. The maximum absolute atomic E-state index is 6.57. The van der Waals surface area contributed by atoms with E-state index in [4.69, 9.17) is 26.8 Å². The molecule has 1 unspecified atom stereocenters. The van der Waals surface area contributed by atoms with Crippen molar-refractivity contribution in [3.8, 4) is 5.75 Å². The minimum atomic E-state index is -0.734. The lowest BCUT2D eigenvalue weighted by molar-refractivity contribution is 0.145. The Bertz CT molecular complexity index is 599. The number of ether oxygens (including phenoxy) is 2. The molecule has 4 heteroatoms. The second-order valence-electron chi connectivity index (χ2n) is 5.02. The Balaban J connectivity index is 2.38. The van der Waals surface area contributed by atoms with Crippen LogP contribution in [-0.2, 0) is 10.3 Å². The maximum atomic E-state index is 6.57. The normalized spacial score (nSPS) is 13.7. The van der Waals surface area contributed by atoms with Crippen LogP contribution in [0, 0.1) is 0 Å². The van der Waals surface area contributed by atoms with Crippen molar-refractivity contribution in [3.63, 3.8) is 0 Å². The van der Waals surface area contributed by atoms with E-state index in [0.29, 0.717) is 18.2 Å². The van der Waals surface area contributed by atoms with E-state index in [0.717, 1.165) is 16.9 Å². The summed E-state index contributed by atoms with van der Waals surface area (Å²) in [7, 11) is 1.64. The number of methoxy groups -OCH3 is 1. The van der Waals surface area contributed by atoms with E-state index in [1.807, 2.05) is 55.5 Å². The van der Waals surface area contributed by atoms with Crippen LogP contribution in [0.25, 0.3) is 0 Å². The van der Waals surface area contributed by atoms with Gasteiger partial charge < -0.3 is 15.2 Å². The highest BCUT2D eigenvalue weighted by Gasteiger charge is 2.29. The summed E-state index contributed by atoms with van der Waals surface area (Å²) in [6.45, 7) is 2.94. The maximum Gasteiger partial charge on any atom is 0.124 e. The van der Waals surface area contributed by atoms with E-state index in [2.05, 4.69) is 0 Å². The molecule has 0 aliphatic rings. The fraction of sp³-hybridized carbons (Fsp3) is 0.294. The van der Waals surface area contributed by atoms with Crippen molar-refractivity contribution in [2.45, 2.75) is 12.5 Å². The predicted molar refractivity (Wildman–Crippen MR) is 85.9 cm³/mol. The molecule has 0 bridgehead atoms. The van der Waals surface area contributed by atoms with Crippen LogP contribution in [0.4, 0.5) is 0 Å². The van der Waals surface area contributed by atoms with Gasteiger partial charge in [-0.25, -0.2) is 0 Å². The van der Waals surface area contributed by atoms with Crippen molar-refractivity contribution < 1.29 is 9.47 Å².